The van der Waals surface area contributed by atoms with Crippen LogP contribution in [0.5, 0.6) is 0 Å². The zero-order valence-corrected chi connectivity index (χ0v) is 13.7. The Labute approximate surface area is 138 Å². The van der Waals surface area contributed by atoms with E-state index in [0.717, 1.165) is 12.8 Å². The van der Waals surface area contributed by atoms with Crippen molar-refractivity contribution in [2.75, 3.05) is 18.5 Å². The highest BCUT2D eigenvalue weighted by molar-refractivity contribution is 5.88. The van der Waals surface area contributed by atoms with E-state index in [1.54, 1.807) is 13.0 Å². The third-order valence-corrected chi connectivity index (χ3v) is 3.24. The van der Waals surface area contributed by atoms with Crippen molar-refractivity contribution in [1.29, 1.82) is 0 Å². The molecular weight excluding hydrogens is 314 g/mol. The van der Waals surface area contributed by atoms with E-state index in [1.165, 1.54) is 0 Å². The SMILES string of the molecule is CCCCNC(=O)Nc1nc2[nH]c(CC(=O)OCC)cc2c(=O)[nH]1. The number of ether oxygens (including phenoxy) is 1. The summed E-state index contributed by atoms with van der Waals surface area (Å²) in [5.74, 6) is -0.361. The lowest BCUT2D eigenvalue weighted by atomic mass is 10.3. The molecule has 0 unspecified atom stereocenters. The molecule has 0 aliphatic heterocycles. The quantitative estimate of drug-likeness (QED) is 0.447. The minimum absolute atomic E-state index is 0.0178. The molecule has 0 aliphatic rings. The predicted molar refractivity (Wildman–Crippen MR) is 89.0 cm³/mol. The van der Waals surface area contributed by atoms with Crippen LogP contribution in [0.25, 0.3) is 11.0 Å². The summed E-state index contributed by atoms with van der Waals surface area (Å²) in [5.41, 5.74) is 0.406. The van der Waals surface area contributed by atoms with Crippen molar-refractivity contribution >= 4 is 29.0 Å². The standard InChI is InChI=1S/C15H21N5O4/c1-3-5-6-16-15(23)20-14-18-12-10(13(22)19-14)7-9(17-12)8-11(21)24-4-2/h7H,3-6,8H2,1-2H3,(H4,16,17,18,19,20,22,23). The van der Waals surface area contributed by atoms with E-state index in [1.807, 2.05) is 6.92 Å². The number of rotatable bonds is 7. The van der Waals surface area contributed by atoms with E-state index in [2.05, 4.69) is 25.6 Å². The first-order valence-electron chi connectivity index (χ1n) is 7.85. The van der Waals surface area contributed by atoms with Gasteiger partial charge in [-0.15, -0.1) is 0 Å². The van der Waals surface area contributed by atoms with Crippen LogP contribution in [0.4, 0.5) is 10.7 Å². The second kappa shape index (κ2) is 8.14. The van der Waals surface area contributed by atoms with E-state index in [0.29, 0.717) is 29.9 Å². The molecule has 2 amide bonds. The molecule has 0 aliphatic carbocycles. The maximum absolute atomic E-state index is 12.1. The Morgan fingerprint density at radius 1 is 1.29 bits per heavy atom. The zero-order chi connectivity index (χ0) is 17.5. The number of unbranched alkanes of at least 4 members (excludes halogenated alkanes) is 1. The number of aromatic amines is 2. The van der Waals surface area contributed by atoms with Gasteiger partial charge in [-0.05, 0) is 19.4 Å². The van der Waals surface area contributed by atoms with Crippen molar-refractivity contribution in [3.63, 3.8) is 0 Å². The highest BCUT2D eigenvalue weighted by Gasteiger charge is 2.12. The Bertz CT molecular complexity index is 780. The van der Waals surface area contributed by atoms with E-state index < -0.39 is 17.6 Å². The van der Waals surface area contributed by atoms with Crippen molar-refractivity contribution in [1.82, 2.24) is 20.3 Å². The first-order chi connectivity index (χ1) is 11.5. The summed E-state index contributed by atoms with van der Waals surface area (Å²) in [6, 6.07) is 1.10. The van der Waals surface area contributed by atoms with Crippen LogP contribution in [0, 0.1) is 0 Å². The molecule has 2 aromatic rings. The van der Waals surface area contributed by atoms with Gasteiger partial charge in [-0.1, -0.05) is 13.3 Å². The largest absolute Gasteiger partial charge is 0.466 e. The number of hydrogen-bond acceptors (Lipinski definition) is 5. The lowest BCUT2D eigenvalue weighted by Gasteiger charge is -2.05. The number of urea groups is 1. The van der Waals surface area contributed by atoms with Gasteiger partial charge in [0.05, 0.1) is 18.4 Å². The number of nitrogens with zero attached hydrogens (tertiary/aromatic N) is 1. The Hall–Kier alpha value is -2.84. The number of fused-ring (bicyclic) bond motifs is 1. The van der Waals surface area contributed by atoms with Crippen LogP contribution in [-0.2, 0) is 16.0 Å². The molecule has 9 heteroatoms. The Kier molecular flexibility index (Phi) is 5.94. The minimum atomic E-state index is -0.441. The molecule has 0 bridgehead atoms. The van der Waals surface area contributed by atoms with Crippen LogP contribution in [0.15, 0.2) is 10.9 Å². The van der Waals surface area contributed by atoms with Gasteiger partial charge in [0, 0.05) is 12.2 Å². The van der Waals surface area contributed by atoms with Gasteiger partial charge in [0.15, 0.2) is 0 Å². The lowest BCUT2D eigenvalue weighted by Crippen LogP contribution is -2.31. The summed E-state index contributed by atoms with van der Waals surface area (Å²) in [6.45, 7) is 4.57. The zero-order valence-electron chi connectivity index (χ0n) is 13.7. The number of H-pyrrole nitrogens is 2. The number of esters is 1. The summed E-state index contributed by atoms with van der Waals surface area (Å²) < 4.78 is 4.86. The Balaban J connectivity index is 2.12. The fourth-order valence-corrected chi connectivity index (χ4v) is 2.13. The van der Waals surface area contributed by atoms with Gasteiger partial charge >= 0.3 is 12.0 Å². The van der Waals surface area contributed by atoms with Crippen molar-refractivity contribution in [2.24, 2.45) is 0 Å². The van der Waals surface area contributed by atoms with E-state index >= 15 is 0 Å². The van der Waals surface area contributed by atoms with Gasteiger partial charge in [-0.2, -0.15) is 4.98 Å². The summed E-state index contributed by atoms with van der Waals surface area (Å²) >= 11 is 0. The first kappa shape index (κ1) is 17.5. The number of carbonyl (C=O) groups excluding carboxylic acids is 2. The molecule has 130 valence electrons. The molecule has 2 aromatic heterocycles. The van der Waals surface area contributed by atoms with Crippen molar-refractivity contribution in [2.45, 2.75) is 33.1 Å². The Morgan fingerprint density at radius 2 is 2.08 bits per heavy atom. The van der Waals surface area contributed by atoms with E-state index in [-0.39, 0.29) is 12.4 Å². The molecule has 0 saturated heterocycles. The van der Waals surface area contributed by atoms with Gasteiger partial charge in [0.1, 0.15) is 5.65 Å². The highest BCUT2D eigenvalue weighted by Crippen LogP contribution is 2.11. The van der Waals surface area contributed by atoms with Crippen molar-refractivity contribution in [3.8, 4) is 0 Å². The number of amides is 2. The fraction of sp³-hybridized carbons (Fsp3) is 0.467. The second-order valence-corrected chi connectivity index (χ2v) is 5.19. The molecule has 9 nitrogen and oxygen atoms in total. The number of carbonyl (C=O) groups is 2. The monoisotopic (exact) mass is 335 g/mol. The lowest BCUT2D eigenvalue weighted by molar-refractivity contribution is -0.142. The molecule has 0 radical (unpaired) electrons. The molecule has 4 N–H and O–H groups in total. The van der Waals surface area contributed by atoms with E-state index in [9.17, 15) is 14.4 Å². The smallest absolute Gasteiger partial charge is 0.321 e. The summed E-state index contributed by atoms with van der Waals surface area (Å²) in [5, 5.41) is 5.45. The maximum Gasteiger partial charge on any atom is 0.321 e. The van der Waals surface area contributed by atoms with Crippen LogP contribution in [0.3, 0.4) is 0 Å². The normalized spacial score (nSPS) is 10.6. The third kappa shape index (κ3) is 4.58. The molecule has 0 saturated carbocycles. The summed E-state index contributed by atoms with van der Waals surface area (Å²) in [7, 11) is 0. The van der Waals surface area contributed by atoms with Crippen LogP contribution >= 0.6 is 0 Å². The topological polar surface area (TPSA) is 129 Å². The molecule has 0 fully saturated rings. The molecule has 0 spiro atoms. The van der Waals surface area contributed by atoms with Gasteiger partial charge in [-0.25, -0.2) is 4.79 Å². The second-order valence-electron chi connectivity index (χ2n) is 5.19. The van der Waals surface area contributed by atoms with Crippen LogP contribution in [-0.4, -0.2) is 40.1 Å². The summed E-state index contributed by atoms with van der Waals surface area (Å²) in [4.78, 5) is 44.8. The summed E-state index contributed by atoms with van der Waals surface area (Å²) in [6.07, 6.45) is 1.85. The maximum atomic E-state index is 12.1. The number of nitrogens with one attached hydrogen (secondary N) is 4. The molecule has 0 atom stereocenters. The number of anilines is 1. The highest BCUT2D eigenvalue weighted by atomic mass is 16.5. The fourth-order valence-electron chi connectivity index (χ4n) is 2.13. The molecule has 0 aromatic carbocycles. The third-order valence-electron chi connectivity index (χ3n) is 3.24. The van der Waals surface area contributed by atoms with Gasteiger partial charge < -0.3 is 15.0 Å². The predicted octanol–water partition coefficient (Wildman–Crippen LogP) is 1.28. The van der Waals surface area contributed by atoms with E-state index in [4.69, 9.17) is 4.74 Å². The van der Waals surface area contributed by atoms with Gasteiger partial charge in [0.2, 0.25) is 5.95 Å². The Morgan fingerprint density at radius 3 is 2.79 bits per heavy atom. The van der Waals surface area contributed by atoms with Crippen LogP contribution in [0.1, 0.15) is 32.4 Å². The molecule has 24 heavy (non-hydrogen) atoms. The van der Waals surface area contributed by atoms with Crippen molar-refractivity contribution < 1.29 is 14.3 Å². The molecule has 2 rings (SSSR count). The average molecular weight is 335 g/mol. The van der Waals surface area contributed by atoms with Crippen LogP contribution < -0.4 is 16.2 Å². The van der Waals surface area contributed by atoms with Crippen LogP contribution in [0.2, 0.25) is 0 Å². The number of hydrogen-bond donors (Lipinski definition) is 4. The van der Waals surface area contributed by atoms with Gasteiger partial charge in [0.25, 0.3) is 5.56 Å². The minimum Gasteiger partial charge on any atom is -0.466 e. The first-order valence-corrected chi connectivity index (χ1v) is 7.85. The molecular formula is C15H21N5O4. The van der Waals surface area contributed by atoms with Gasteiger partial charge in [-0.3, -0.25) is 19.9 Å². The molecule has 2 heterocycles. The van der Waals surface area contributed by atoms with Crippen molar-refractivity contribution in [3.05, 3.63) is 22.1 Å². The number of aromatic nitrogens is 3. The average Bonchev–Trinajstić information content (AvgIpc) is 2.90.